The molecule has 0 aliphatic rings. The highest BCUT2D eigenvalue weighted by molar-refractivity contribution is 5.27. The maximum Gasteiger partial charge on any atom is 0.118 e. The first-order valence-electron chi connectivity index (χ1n) is 5.70. The van der Waals surface area contributed by atoms with E-state index in [0.29, 0.717) is 5.92 Å². The third-order valence-corrected chi connectivity index (χ3v) is 2.19. The number of nitrogens with one attached hydrogen (secondary N) is 1. The van der Waals surface area contributed by atoms with E-state index >= 15 is 0 Å². The smallest absolute Gasteiger partial charge is 0.118 e. The monoisotopic (exact) mass is 223 g/mol. The average Bonchev–Trinajstić information content (AvgIpc) is 2.29. The van der Waals surface area contributed by atoms with Crippen LogP contribution in [0.15, 0.2) is 24.3 Å². The first-order valence-corrected chi connectivity index (χ1v) is 5.70. The minimum absolute atomic E-state index is 0.563. The normalized spacial score (nSPS) is 10.8. The zero-order chi connectivity index (χ0) is 11.8. The molecule has 1 aromatic carbocycles. The second-order valence-electron chi connectivity index (χ2n) is 4.20. The van der Waals surface area contributed by atoms with Gasteiger partial charge in [0.1, 0.15) is 5.75 Å². The van der Waals surface area contributed by atoms with Crippen molar-refractivity contribution in [1.82, 2.24) is 5.48 Å². The zero-order valence-electron chi connectivity index (χ0n) is 10.3. The molecule has 0 atom stereocenters. The molecule has 1 N–H and O–H groups in total. The highest BCUT2D eigenvalue weighted by Crippen LogP contribution is 2.11. The molecule has 3 heteroatoms. The number of hydroxylamine groups is 1. The van der Waals surface area contributed by atoms with Gasteiger partial charge in [-0.2, -0.15) is 0 Å². The lowest BCUT2D eigenvalue weighted by Gasteiger charge is -2.08. The van der Waals surface area contributed by atoms with Crippen LogP contribution < -0.4 is 10.2 Å². The second-order valence-corrected chi connectivity index (χ2v) is 4.20. The number of benzene rings is 1. The number of methoxy groups -OCH3 is 1. The van der Waals surface area contributed by atoms with Crippen LogP contribution in [0.1, 0.15) is 19.4 Å². The maximum atomic E-state index is 5.29. The second kappa shape index (κ2) is 7.25. The first-order chi connectivity index (χ1) is 7.72. The van der Waals surface area contributed by atoms with E-state index in [1.54, 1.807) is 7.11 Å². The van der Waals surface area contributed by atoms with Gasteiger partial charge >= 0.3 is 0 Å². The summed E-state index contributed by atoms with van der Waals surface area (Å²) in [4.78, 5) is 5.29. The quantitative estimate of drug-likeness (QED) is 0.569. The molecule has 0 aromatic heterocycles. The van der Waals surface area contributed by atoms with Gasteiger partial charge in [-0.25, -0.2) is 5.48 Å². The molecule has 3 nitrogen and oxygen atoms in total. The van der Waals surface area contributed by atoms with E-state index in [4.69, 9.17) is 9.57 Å². The molecule has 0 heterocycles. The molecule has 0 aliphatic heterocycles. The molecule has 90 valence electrons. The predicted molar refractivity (Wildman–Crippen MR) is 65.5 cm³/mol. The minimum Gasteiger partial charge on any atom is -0.497 e. The number of hydrogen-bond acceptors (Lipinski definition) is 3. The van der Waals surface area contributed by atoms with Gasteiger partial charge in [0.15, 0.2) is 0 Å². The van der Waals surface area contributed by atoms with E-state index in [9.17, 15) is 0 Å². The summed E-state index contributed by atoms with van der Waals surface area (Å²) in [7, 11) is 1.68. The Morgan fingerprint density at radius 3 is 2.44 bits per heavy atom. The highest BCUT2D eigenvalue weighted by Gasteiger charge is 1.96. The van der Waals surface area contributed by atoms with Crippen LogP contribution >= 0.6 is 0 Å². The van der Waals surface area contributed by atoms with E-state index in [2.05, 4.69) is 31.5 Å². The van der Waals surface area contributed by atoms with Crippen molar-refractivity contribution in [3.8, 4) is 5.75 Å². The molecule has 0 saturated heterocycles. The van der Waals surface area contributed by atoms with E-state index in [1.807, 2.05) is 12.1 Å². The molecule has 0 bridgehead atoms. The topological polar surface area (TPSA) is 30.5 Å². The van der Waals surface area contributed by atoms with Crippen LogP contribution in [-0.2, 0) is 11.3 Å². The van der Waals surface area contributed by atoms with Crippen molar-refractivity contribution in [3.05, 3.63) is 29.8 Å². The van der Waals surface area contributed by atoms with Crippen LogP contribution in [-0.4, -0.2) is 20.3 Å². The van der Waals surface area contributed by atoms with Gasteiger partial charge in [0.2, 0.25) is 0 Å². The molecule has 1 aromatic rings. The lowest BCUT2D eigenvalue weighted by atomic mass is 10.1. The van der Waals surface area contributed by atoms with E-state index in [1.165, 1.54) is 5.56 Å². The van der Waals surface area contributed by atoms with Gasteiger partial charge in [-0.3, -0.25) is 0 Å². The summed E-state index contributed by atoms with van der Waals surface area (Å²) < 4.78 is 5.10. The summed E-state index contributed by atoms with van der Waals surface area (Å²) in [6.07, 6.45) is 0.960. The van der Waals surface area contributed by atoms with Crippen molar-refractivity contribution in [2.75, 3.05) is 20.3 Å². The summed E-state index contributed by atoms with van der Waals surface area (Å²) in [6.45, 7) is 5.85. The van der Waals surface area contributed by atoms with E-state index in [0.717, 1.165) is 25.3 Å². The third kappa shape index (κ3) is 5.14. The zero-order valence-corrected chi connectivity index (χ0v) is 10.3. The Morgan fingerprint density at radius 2 is 1.88 bits per heavy atom. The minimum atomic E-state index is 0.563. The molecule has 0 amide bonds. The number of hydrogen-bond donors (Lipinski definition) is 1. The van der Waals surface area contributed by atoms with Crippen LogP contribution in [0.4, 0.5) is 0 Å². The Bertz CT molecular complexity index is 282. The van der Waals surface area contributed by atoms with Crippen LogP contribution in [0, 0.1) is 5.92 Å². The molecule has 0 radical (unpaired) electrons. The molecule has 0 spiro atoms. The lowest BCUT2D eigenvalue weighted by Crippen LogP contribution is -2.20. The third-order valence-electron chi connectivity index (χ3n) is 2.19. The number of ether oxygens (including phenoxy) is 1. The van der Waals surface area contributed by atoms with Crippen molar-refractivity contribution in [2.45, 2.75) is 20.3 Å². The van der Waals surface area contributed by atoms with Gasteiger partial charge in [-0.15, -0.1) is 0 Å². The SMILES string of the molecule is COc1ccc(CCNOCC(C)C)cc1. The molecule has 0 aliphatic carbocycles. The van der Waals surface area contributed by atoms with Crippen molar-refractivity contribution < 1.29 is 9.57 Å². The summed E-state index contributed by atoms with van der Waals surface area (Å²) >= 11 is 0. The van der Waals surface area contributed by atoms with Crippen LogP contribution in [0.25, 0.3) is 0 Å². The molecular formula is C13H21NO2. The number of rotatable bonds is 7. The van der Waals surface area contributed by atoms with Gasteiger partial charge in [-0.1, -0.05) is 26.0 Å². The van der Waals surface area contributed by atoms with Gasteiger partial charge in [0.25, 0.3) is 0 Å². The lowest BCUT2D eigenvalue weighted by molar-refractivity contribution is 0.0247. The van der Waals surface area contributed by atoms with Gasteiger partial charge < -0.3 is 9.57 Å². The Labute approximate surface area is 97.7 Å². The van der Waals surface area contributed by atoms with Gasteiger partial charge in [0.05, 0.1) is 13.7 Å². The molecule has 1 rings (SSSR count). The Balaban J connectivity index is 2.16. The Kier molecular flexibility index (Phi) is 5.90. The summed E-state index contributed by atoms with van der Waals surface area (Å²) in [6, 6.07) is 8.10. The Morgan fingerprint density at radius 1 is 1.19 bits per heavy atom. The van der Waals surface area contributed by atoms with E-state index < -0.39 is 0 Å². The molecule has 16 heavy (non-hydrogen) atoms. The summed E-state index contributed by atoms with van der Waals surface area (Å²) in [5.74, 6) is 1.46. The van der Waals surface area contributed by atoms with E-state index in [-0.39, 0.29) is 0 Å². The summed E-state index contributed by atoms with van der Waals surface area (Å²) in [5.41, 5.74) is 4.24. The fourth-order valence-electron chi connectivity index (χ4n) is 1.29. The highest BCUT2D eigenvalue weighted by atomic mass is 16.6. The largest absolute Gasteiger partial charge is 0.497 e. The van der Waals surface area contributed by atoms with Crippen molar-refractivity contribution in [3.63, 3.8) is 0 Å². The maximum absolute atomic E-state index is 5.29. The first kappa shape index (κ1) is 13.0. The van der Waals surface area contributed by atoms with Crippen LogP contribution in [0.5, 0.6) is 5.75 Å². The van der Waals surface area contributed by atoms with Crippen molar-refractivity contribution >= 4 is 0 Å². The van der Waals surface area contributed by atoms with Gasteiger partial charge in [-0.05, 0) is 30.0 Å². The molecule has 0 fully saturated rings. The fraction of sp³-hybridized carbons (Fsp3) is 0.538. The molecule has 0 unspecified atom stereocenters. The van der Waals surface area contributed by atoms with Crippen LogP contribution in [0.3, 0.4) is 0 Å². The van der Waals surface area contributed by atoms with Crippen LogP contribution in [0.2, 0.25) is 0 Å². The fourth-order valence-corrected chi connectivity index (χ4v) is 1.29. The van der Waals surface area contributed by atoms with Crippen molar-refractivity contribution in [1.29, 1.82) is 0 Å². The predicted octanol–water partition coefficient (Wildman–Crippen LogP) is 2.41. The van der Waals surface area contributed by atoms with Crippen molar-refractivity contribution in [2.24, 2.45) is 5.92 Å². The molecular weight excluding hydrogens is 202 g/mol. The van der Waals surface area contributed by atoms with Gasteiger partial charge in [0, 0.05) is 6.54 Å². The summed E-state index contributed by atoms with van der Waals surface area (Å²) in [5, 5.41) is 0. The average molecular weight is 223 g/mol. The Hall–Kier alpha value is -1.06. The standard InChI is InChI=1S/C13H21NO2/c1-11(2)10-16-14-9-8-12-4-6-13(15-3)7-5-12/h4-7,11,14H,8-10H2,1-3H3. The molecule has 0 saturated carbocycles.